The fourth-order valence-corrected chi connectivity index (χ4v) is 4.89. The number of thiophene rings is 1. The van der Waals surface area contributed by atoms with E-state index in [9.17, 15) is 4.79 Å². The molecule has 2 rings (SSSR count). The van der Waals surface area contributed by atoms with Crippen LogP contribution in [0.4, 0.5) is 0 Å². The van der Waals surface area contributed by atoms with Crippen LogP contribution in [0.1, 0.15) is 58.8 Å². The molecule has 0 aromatic carbocycles. The SMILES string of the molecule is CC(Cc1cccs1)NC(=O)CC1CC(C)(C)NC(C)(C)C1. The first-order valence-corrected chi connectivity index (χ1v) is 9.14. The summed E-state index contributed by atoms with van der Waals surface area (Å²) >= 11 is 1.75. The minimum absolute atomic E-state index is 0.106. The van der Waals surface area contributed by atoms with Crippen LogP contribution in [0.2, 0.25) is 0 Å². The van der Waals surface area contributed by atoms with Gasteiger partial charge in [-0.3, -0.25) is 4.79 Å². The number of nitrogens with one attached hydrogen (secondary N) is 2. The van der Waals surface area contributed by atoms with E-state index in [1.54, 1.807) is 11.3 Å². The van der Waals surface area contributed by atoms with Gasteiger partial charge >= 0.3 is 0 Å². The third-order valence-electron chi connectivity index (χ3n) is 4.24. The highest BCUT2D eigenvalue weighted by molar-refractivity contribution is 7.09. The molecule has 0 spiro atoms. The van der Waals surface area contributed by atoms with Crippen molar-refractivity contribution in [3.63, 3.8) is 0 Å². The minimum atomic E-state index is 0.106. The molecule has 1 unspecified atom stereocenters. The van der Waals surface area contributed by atoms with Crippen LogP contribution >= 0.6 is 11.3 Å². The molecule has 1 aliphatic rings. The van der Waals surface area contributed by atoms with Crippen molar-refractivity contribution in [2.45, 2.75) is 77.4 Å². The average molecular weight is 323 g/mol. The van der Waals surface area contributed by atoms with E-state index in [4.69, 9.17) is 0 Å². The van der Waals surface area contributed by atoms with E-state index < -0.39 is 0 Å². The Labute approximate surface area is 138 Å². The predicted octanol–water partition coefficient (Wildman–Crippen LogP) is 3.74. The van der Waals surface area contributed by atoms with Gasteiger partial charge in [0, 0.05) is 34.8 Å². The molecule has 0 radical (unpaired) electrons. The summed E-state index contributed by atoms with van der Waals surface area (Å²) in [7, 11) is 0. The Morgan fingerprint density at radius 1 is 1.36 bits per heavy atom. The average Bonchev–Trinajstić information content (AvgIpc) is 2.75. The summed E-state index contributed by atoms with van der Waals surface area (Å²) in [6.45, 7) is 11.0. The Morgan fingerprint density at radius 2 is 2.00 bits per heavy atom. The van der Waals surface area contributed by atoms with Gasteiger partial charge in [-0.25, -0.2) is 0 Å². The monoisotopic (exact) mass is 322 g/mol. The van der Waals surface area contributed by atoms with Crippen LogP contribution in [0.3, 0.4) is 0 Å². The summed E-state index contributed by atoms with van der Waals surface area (Å²) in [6, 6.07) is 4.40. The zero-order valence-electron chi connectivity index (χ0n) is 14.5. The highest BCUT2D eigenvalue weighted by Crippen LogP contribution is 2.34. The van der Waals surface area contributed by atoms with Gasteiger partial charge < -0.3 is 10.6 Å². The quantitative estimate of drug-likeness (QED) is 0.867. The van der Waals surface area contributed by atoms with Gasteiger partial charge in [-0.1, -0.05) is 6.07 Å². The van der Waals surface area contributed by atoms with Gasteiger partial charge in [0.25, 0.3) is 0 Å². The normalized spacial score (nSPS) is 22.2. The van der Waals surface area contributed by atoms with Crippen molar-refractivity contribution in [1.82, 2.24) is 10.6 Å². The lowest BCUT2D eigenvalue weighted by atomic mass is 9.74. The summed E-state index contributed by atoms with van der Waals surface area (Å²) in [5.41, 5.74) is 0.213. The summed E-state index contributed by atoms with van der Waals surface area (Å²) in [5.74, 6) is 0.655. The number of amides is 1. The Bertz CT molecular complexity index is 477. The van der Waals surface area contributed by atoms with E-state index in [-0.39, 0.29) is 23.0 Å². The molecule has 1 fully saturated rings. The molecule has 1 saturated heterocycles. The molecule has 4 heteroatoms. The van der Waals surface area contributed by atoms with Crippen LogP contribution in [-0.2, 0) is 11.2 Å². The van der Waals surface area contributed by atoms with Crippen LogP contribution in [0.15, 0.2) is 17.5 Å². The highest BCUT2D eigenvalue weighted by Gasteiger charge is 2.38. The van der Waals surface area contributed by atoms with Crippen LogP contribution in [-0.4, -0.2) is 23.0 Å². The van der Waals surface area contributed by atoms with E-state index in [1.165, 1.54) is 4.88 Å². The lowest BCUT2D eigenvalue weighted by molar-refractivity contribution is -0.123. The zero-order chi connectivity index (χ0) is 16.4. The Kier molecular flexibility index (Phi) is 5.33. The fraction of sp³-hybridized carbons (Fsp3) is 0.722. The Hall–Kier alpha value is -0.870. The molecule has 124 valence electrons. The first-order valence-electron chi connectivity index (χ1n) is 8.26. The summed E-state index contributed by atoms with van der Waals surface area (Å²) in [6.07, 6.45) is 3.68. The smallest absolute Gasteiger partial charge is 0.220 e. The molecular weight excluding hydrogens is 292 g/mol. The lowest BCUT2D eigenvalue weighted by Gasteiger charge is -2.46. The first kappa shape index (κ1) is 17.5. The maximum absolute atomic E-state index is 12.3. The van der Waals surface area contributed by atoms with Crippen molar-refractivity contribution in [3.05, 3.63) is 22.4 Å². The second-order valence-corrected chi connectivity index (χ2v) is 9.16. The van der Waals surface area contributed by atoms with Gasteiger partial charge in [0.1, 0.15) is 0 Å². The van der Waals surface area contributed by atoms with E-state index in [0.717, 1.165) is 19.3 Å². The molecule has 1 aromatic heterocycles. The number of carbonyl (C=O) groups excluding carboxylic acids is 1. The molecule has 1 aliphatic heterocycles. The second-order valence-electron chi connectivity index (χ2n) is 8.12. The van der Waals surface area contributed by atoms with E-state index >= 15 is 0 Å². The largest absolute Gasteiger partial charge is 0.353 e. The molecule has 1 amide bonds. The van der Waals surface area contributed by atoms with Crippen molar-refractivity contribution in [2.75, 3.05) is 0 Å². The third-order valence-corrected chi connectivity index (χ3v) is 5.14. The maximum Gasteiger partial charge on any atom is 0.220 e. The van der Waals surface area contributed by atoms with Crippen LogP contribution in [0, 0.1) is 5.92 Å². The fourth-order valence-electron chi connectivity index (χ4n) is 4.06. The summed E-state index contributed by atoms with van der Waals surface area (Å²) in [5, 5.41) is 8.93. The highest BCUT2D eigenvalue weighted by atomic mass is 32.1. The number of carbonyl (C=O) groups is 1. The molecule has 0 saturated carbocycles. The zero-order valence-corrected chi connectivity index (χ0v) is 15.3. The second kappa shape index (κ2) is 6.71. The van der Waals surface area contributed by atoms with Gasteiger partial charge in [0.2, 0.25) is 5.91 Å². The summed E-state index contributed by atoms with van der Waals surface area (Å²) < 4.78 is 0. The lowest BCUT2D eigenvalue weighted by Crippen LogP contribution is -2.58. The third kappa shape index (κ3) is 5.40. The number of piperidine rings is 1. The van der Waals surface area contributed by atoms with Crippen LogP contribution in [0.5, 0.6) is 0 Å². The van der Waals surface area contributed by atoms with E-state index in [2.05, 4.69) is 62.8 Å². The van der Waals surface area contributed by atoms with Crippen molar-refractivity contribution >= 4 is 17.2 Å². The molecule has 1 atom stereocenters. The molecule has 2 N–H and O–H groups in total. The number of hydrogen-bond acceptors (Lipinski definition) is 3. The standard InChI is InChI=1S/C18H30N2OS/c1-13(9-15-7-6-8-22-15)19-16(21)10-14-11-17(2,3)20-18(4,5)12-14/h6-8,13-14,20H,9-12H2,1-5H3,(H,19,21). The van der Waals surface area contributed by atoms with Crippen molar-refractivity contribution in [2.24, 2.45) is 5.92 Å². The Balaban J connectivity index is 1.83. The van der Waals surface area contributed by atoms with Crippen molar-refractivity contribution < 1.29 is 4.79 Å². The molecule has 0 bridgehead atoms. The van der Waals surface area contributed by atoms with Crippen LogP contribution in [0.25, 0.3) is 0 Å². The number of hydrogen-bond donors (Lipinski definition) is 2. The molecule has 1 aromatic rings. The molecule has 22 heavy (non-hydrogen) atoms. The first-order chi connectivity index (χ1) is 10.2. The molecular formula is C18H30N2OS. The van der Waals surface area contributed by atoms with Crippen molar-refractivity contribution in [1.29, 1.82) is 0 Å². The summed E-state index contributed by atoms with van der Waals surface area (Å²) in [4.78, 5) is 13.7. The van der Waals surface area contributed by atoms with Crippen LogP contribution < -0.4 is 10.6 Å². The molecule has 3 nitrogen and oxygen atoms in total. The minimum Gasteiger partial charge on any atom is -0.353 e. The predicted molar refractivity (Wildman–Crippen MR) is 94.3 cm³/mol. The van der Waals surface area contributed by atoms with Gasteiger partial charge in [-0.05, 0) is 64.8 Å². The number of rotatable bonds is 5. The van der Waals surface area contributed by atoms with Gasteiger partial charge in [0.05, 0.1) is 0 Å². The molecule has 0 aliphatic carbocycles. The van der Waals surface area contributed by atoms with Gasteiger partial charge in [0.15, 0.2) is 0 Å². The van der Waals surface area contributed by atoms with E-state index in [0.29, 0.717) is 12.3 Å². The Morgan fingerprint density at radius 3 is 2.55 bits per heavy atom. The van der Waals surface area contributed by atoms with Gasteiger partial charge in [-0.2, -0.15) is 0 Å². The molecule has 2 heterocycles. The van der Waals surface area contributed by atoms with Crippen molar-refractivity contribution in [3.8, 4) is 0 Å². The van der Waals surface area contributed by atoms with E-state index in [1.807, 2.05) is 0 Å². The topological polar surface area (TPSA) is 41.1 Å². The van der Waals surface area contributed by atoms with Gasteiger partial charge in [-0.15, -0.1) is 11.3 Å². The maximum atomic E-state index is 12.3.